The van der Waals surface area contributed by atoms with Crippen LogP contribution < -0.4 is 10.9 Å². The van der Waals surface area contributed by atoms with Crippen molar-refractivity contribution in [2.24, 2.45) is 0 Å². The molecular weight excluding hydrogens is 316 g/mol. The Kier molecular flexibility index (Phi) is 4.14. The predicted octanol–water partition coefficient (Wildman–Crippen LogP) is 1.49. The lowest BCUT2D eigenvalue weighted by molar-refractivity contribution is -0.701. The SMILES string of the molecule is COC(=O)c1c(C2(C(F)(F)F)CC[NH2+]N2)ccc(F)c1Cl. The summed E-state index contributed by atoms with van der Waals surface area (Å²) in [6.07, 6.45) is -5.01. The molecule has 21 heavy (non-hydrogen) atoms. The molecule has 0 bridgehead atoms. The van der Waals surface area contributed by atoms with E-state index >= 15 is 0 Å². The first-order chi connectivity index (χ1) is 9.74. The lowest BCUT2D eigenvalue weighted by Crippen LogP contribution is -2.92. The van der Waals surface area contributed by atoms with E-state index in [4.69, 9.17) is 11.6 Å². The summed E-state index contributed by atoms with van der Waals surface area (Å²) in [5.41, 5.74) is -0.0234. The molecule has 0 saturated carbocycles. The van der Waals surface area contributed by atoms with Crippen molar-refractivity contribution in [3.05, 3.63) is 34.1 Å². The normalized spacial score (nSPS) is 22.4. The summed E-state index contributed by atoms with van der Waals surface area (Å²) in [6.45, 7) is 0.148. The molecule has 1 aliphatic rings. The molecule has 0 spiro atoms. The number of carbonyl (C=O) groups excluding carboxylic acids is 1. The molecule has 116 valence electrons. The summed E-state index contributed by atoms with van der Waals surface area (Å²) in [7, 11) is 0.988. The second-order valence-electron chi connectivity index (χ2n) is 4.57. The molecule has 1 aromatic carbocycles. The van der Waals surface area contributed by atoms with Crippen LogP contribution in [-0.2, 0) is 10.3 Å². The van der Waals surface area contributed by atoms with E-state index in [1.54, 1.807) is 0 Å². The molecule has 1 aromatic rings. The van der Waals surface area contributed by atoms with E-state index in [9.17, 15) is 22.4 Å². The second-order valence-corrected chi connectivity index (χ2v) is 4.94. The highest BCUT2D eigenvalue weighted by atomic mass is 35.5. The molecule has 0 radical (unpaired) electrons. The van der Waals surface area contributed by atoms with Crippen molar-refractivity contribution < 1.29 is 32.5 Å². The smallest absolute Gasteiger partial charge is 0.416 e. The summed E-state index contributed by atoms with van der Waals surface area (Å²) in [4.78, 5) is 11.8. The van der Waals surface area contributed by atoms with Crippen molar-refractivity contribution in [3.8, 4) is 0 Å². The van der Waals surface area contributed by atoms with Crippen molar-refractivity contribution in [2.45, 2.75) is 18.1 Å². The number of benzene rings is 1. The van der Waals surface area contributed by atoms with Crippen LogP contribution in [0.4, 0.5) is 17.6 Å². The van der Waals surface area contributed by atoms with Crippen LogP contribution in [0.2, 0.25) is 5.02 Å². The highest BCUT2D eigenvalue weighted by molar-refractivity contribution is 6.34. The van der Waals surface area contributed by atoms with Crippen LogP contribution in [0.5, 0.6) is 0 Å². The van der Waals surface area contributed by atoms with Gasteiger partial charge < -0.3 is 4.74 Å². The summed E-state index contributed by atoms with van der Waals surface area (Å²) >= 11 is 5.68. The standard InChI is InChI=1S/C12H11ClF4N2O2/c1-21-10(20)8-6(2-3-7(14)9(8)13)11(12(15,16)17)4-5-18-19-11/h2-3,18-19H,4-5H2,1H3/p+1. The van der Waals surface area contributed by atoms with E-state index in [1.807, 2.05) is 0 Å². The van der Waals surface area contributed by atoms with E-state index in [0.29, 0.717) is 0 Å². The van der Waals surface area contributed by atoms with Gasteiger partial charge in [-0.25, -0.2) is 9.18 Å². The van der Waals surface area contributed by atoms with E-state index < -0.39 is 39.7 Å². The maximum atomic E-state index is 13.5. The van der Waals surface area contributed by atoms with Gasteiger partial charge in [0.15, 0.2) is 5.54 Å². The molecular formula is C12H12ClF4N2O2+. The fourth-order valence-corrected chi connectivity index (χ4v) is 2.65. The van der Waals surface area contributed by atoms with Crippen molar-refractivity contribution in [3.63, 3.8) is 0 Å². The van der Waals surface area contributed by atoms with Gasteiger partial charge in [0.05, 0.1) is 24.2 Å². The largest absolute Gasteiger partial charge is 0.465 e. The maximum Gasteiger partial charge on any atom is 0.416 e. The molecule has 3 N–H and O–H groups in total. The first-order valence-electron chi connectivity index (χ1n) is 5.97. The molecule has 1 aliphatic heterocycles. The number of esters is 1. The summed E-state index contributed by atoms with van der Waals surface area (Å²) in [5, 5.41) is -0.684. The molecule has 4 nitrogen and oxygen atoms in total. The van der Waals surface area contributed by atoms with Crippen molar-refractivity contribution in [2.75, 3.05) is 13.7 Å². The van der Waals surface area contributed by atoms with E-state index in [1.165, 1.54) is 5.43 Å². The number of ether oxygens (including phenoxy) is 1. The predicted molar refractivity (Wildman–Crippen MR) is 65.0 cm³/mol. The van der Waals surface area contributed by atoms with Crippen molar-refractivity contribution in [1.29, 1.82) is 0 Å². The summed E-state index contributed by atoms with van der Waals surface area (Å²) < 4.78 is 58.5. The molecule has 1 heterocycles. The molecule has 1 fully saturated rings. The van der Waals surface area contributed by atoms with Gasteiger partial charge in [-0.2, -0.15) is 18.6 Å². The lowest BCUT2D eigenvalue weighted by atomic mass is 9.84. The van der Waals surface area contributed by atoms with Gasteiger partial charge in [0.1, 0.15) is 5.82 Å². The van der Waals surface area contributed by atoms with Gasteiger partial charge in [-0.3, -0.25) is 5.43 Å². The number of alkyl halides is 3. The topological polar surface area (TPSA) is 54.9 Å². The number of methoxy groups -OCH3 is 1. The number of hydrogen-bond acceptors (Lipinski definition) is 3. The van der Waals surface area contributed by atoms with Crippen LogP contribution in [0.15, 0.2) is 12.1 Å². The first kappa shape index (κ1) is 16.0. The van der Waals surface area contributed by atoms with Crippen LogP contribution in [0, 0.1) is 5.82 Å². The fraction of sp³-hybridized carbons (Fsp3) is 0.417. The number of rotatable bonds is 2. The molecule has 2 rings (SSSR count). The second kappa shape index (κ2) is 5.43. The Morgan fingerprint density at radius 1 is 1.48 bits per heavy atom. The Morgan fingerprint density at radius 2 is 2.14 bits per heavy atom. The van der Waals surface area contributed by atoms with Gasteiger partial charge in [-0.05, 0) is 6.07 Å². The van der Waals surface area contributed by atoms with Crippen LogP contribution in [0.3, 0.4) is 0 Å². The Balaban J connectivity index is 2.73. The maximum absolute atomic E-state index is 13.5. The number of nitrogens with two attached hydrogens (primary N) is 1. The third-order valence-corrected chi connectivity index (χ3v) is 3.81. The monoisotopic (exact) mass is 327 g/mol. The minimum atomic E-state index is -4.69. The van der Waals surface area contributed by atoms with Crippen LogP contribution in [-0.4, -0.2) is 25.8 Å². The van der Waals surface area contributed by atoms with Gasteiger partial charge in [0, 0.05) is 12.0 Å². The average molecular weight is 328 g/mol. The van der Waals surface area contributed by atoms with Gasteiger partial charge in [-0.1, -0.05) is 17.7 Å². The molecule has 1 unspecified atom stereocenters. The van der Waals surface area contributed by atoms with Gasteiger partial charge in [0.2, 0.25) is 0 Å². The van der Waals surface area contributed by atoms with E-state index in [2.05, 4.69) is 10.2 Å². The third-order valence-electron chi connectivity index (χ3n) is 3.44. The zero-order valence-electron chi connectivity index (χ0n) is 10.9. The number of carbonyl (C=O) groups is 1. The average Bonchev–Trinajstić information content (AvgIpc) is 2.91. The lowest BCUT2D eigenvalue weighted by Gasteiger charge is -2.30. The Bertz CT molecular complexity index is 571. The highest BCUT2D eigenvalue weighted by Crippen LogP contribution is 2.44. The zero-order chi connectivity index (χ0) is 15.8. The Labute approximate surface area is 122 Å². The zero-order valence-corrected chi connectivity index (χ0v) is 11.6. The number of hydrogen-bond donors (Lipinski definition) is 2. The van der Waals surface area contributed by atoms with Gasteiger partial charge >= 0.3 is 12.1 Å². The number of nitrogens with one attached hydrogen (secondary N) is 1. The first-order valence-corrected chi connectivity index (χ1v) is 6.35. The quantitative estimate of drug-likeness (QED) is 0.492. The molecule has 1 saturated heterocycles. The number of halogens is 5. The van der Waals surface area contributed by atoms with Crippen LogP contribution >= 0.6 is 11.6 Å². The minimum Gasteiger partial charge on any atom is -0.465 e. The minimum absolute atomic E-state index is 0.148. The Hall–Kier alpha value is -1.38. The molecule has 9 heteroatoms. The molecule has 0 aliphatic carbocycles. The summed E-state index contributed by atoms with van der Waals surface area (Å²) in [6, 6.07) is 1.71. The van der Waals surface area contributed by atoms with Crippen molar-refractivity contribution >= 4 is 17.6 Å². The van der Waals surface area contributed by atoms with E-state index in [-0.39, 0.29) is 13.0 Å². The number of quaternary nitrogens is 1. The van der Waals surface area contributed by atoms with Crippen LogP contribution in [0.25, 0.3) is 0 Å². The molecule has 1 atom stereocenters. The highest BCUT2D eigenvalue weighted by Gasteiger charge is 2.61. The van der Waals surface area contributed by atoms with E-state index in [0.717, 1.165) is 19.2 Å². The molecule has 0 aromatic heterocycles. The summed E-state index contributed by atoms with van der Waals surface area (Å²) in [5.74, 6) is -2.10. The van der Waals surface area contributed by atoms with Crippen LogP contribution in [0.1, 0.15) is 22.3 Å². The van der Waals surface area contributed by atoms with Gasteiger partial charge in [-0.15, -0.1) is 0 Å². The van der Waals surface area contributed by atoms with Gasteiger partial charge in [0.25, 0.3) is 0 Å². The Morgan fingerprint density at radius 3 is 2.62 bits per heavy atom. The molecule has 0 amide bonds. The fourth-order valence-electron chi connectivity index (χ4n) is 2.40. The third kappa shape index (κ3) is 2.47. The van der Waals surface area contributed by atoms with Crippen molar-refractivity contribution in [1.82, 2.24) is 5.43 Å².